The van der Waals surface area contributed by atoms with Crippen LogP contribution in [0.4, 0.5) is 0 Å². The maximum atomic E-state index is 13.5. The van der Waals surface area contributed by atoms with Crippen molar-refractivity contribution in [2.24, 2.45) is 0 Å². The molecule has 2 aromatic rings. The standard InChI is InChI=1S/C25H30N2O5/c1-25(26-22(28)14-11-18-7-5-4-6-8-18)16-15-21(23(29)32-3)27(24(25)30)17-19-9-12-20(31-2)13-10-19/h4-10,12-13,21H,11,14-17H2,1-3H3,(H,26,28)/t21-,25-/m0/s1. The van der Waals surface area contributed by atoms with Crippen LogP contribution >= 0.6 is 0 Å². The number of carbonyl (C=O) groups is 3. The van der Waals surface area contributed by atoms with E-state index in [4.69, 9.17) is 9.47 Å². The van der Waals surface area contributed by atoms with Crippen LogP contribution in [-0.4, -0.2) is 48.5 Å². The van der Waals surface area contributed by atoms with Crippen LogP contribution in [0.15, 0.2) is 54.6 Å². The first-order chi connectivity index (χ1) is 15.4. The molecule has 0 aliphatic carbocycles. The second-order valence-corrected chi connectivity index (χ2v) is 8.22. The van der Waals surface area contributed by atoms with Crippen molar-refractivity contribution in [1.29, 1.82) is 0 Å². The molecule has 2 amide bonds. The minimum absolute atomic E-state index is 0.189. The first-order valence-electron chi connectivity index (χ1n) is 10.7. The molecular weight excluding hydrogens is 408 g/mol. The van der Waals surface area contributed by atoms with E-state index >= 15 is 0 Å². The Morgan fingerprint density at radius 2 is 1.75 bits per heavy atom. The topological polar surface area (TPSA) is 84.9 Å². The van der Waals surface area contributed by atoms with E-state index in [1.807, 2.05) is 54.6 Å². The minimum atomic E-state index is -1.08. The van der Waals surface area contributed by atoms with Crippen LogP contribution in [0.1, 0.15) is 37.3 Å². The third-order valence-electron chi connectivity index (χ3n) is 5.91. The Kier molecular flexibility index (Phi) is 7.51. The SMILES string of the molecule is COC(=O)[C@@H]1CC[C@](C)(NC(=O)CCc2ccccc2)C(=O)N1Cc1ccc(OC)cc1. The Balaban J connectivity index is 1.73. The van der Waals surface area contributed by atoms with E-state index in [0.717, 1.165) is 11.1 Å². The highest BCUT2D eigenvalue weighted by Crippen LogP contribution is 2.29. The lowest BCUT2D eigenvalue weighted by Gasteiger charge is -2.43. The average molecular weight is 439 g/mol. The van der Waals surface area contributed by atoms with Crippen LogP contribution in [0.3, 0.4) is 0 Å². The maximum Gasteiger partial charge on any atom is 0.328 e. The number of ether oxygens (including phenoxy) is 2. The summed E-state index contributed by atoms with van der Waals surface area (Å²) in [6.07, 6.45) is 1.65. The van der Waals surface area contributed by atoms with Crippen molar-refractivity contribution in [2.75, 3.05) is 14.2 Å². The lowest BCUT2D eigenvalue weighted by Crippen LogP contribution is -2.64. The number of esters is 1. The number of hydrogen-bond donors (Lipinski definition) is 1. The number of rotatable bonds is 8. The summed E-state index contributed by atoms with van der Waals surface area (Å²) in [5.74, 6) is -0.225. The van der Waals surface area contributed by atoms with E-state index in [2.05, 4.69) is 5.32 Å². The van der Waals surface area contributed by atoms with Gasteiger partial charge in [-0.1, -0.05) is 42.5 Å². The molecule has 7 nitrogen and oxygen atoms in total. The first kappa shape index (κ1) is 23.3. The van der Waals surface area contributed by atoms with Crippen molar-refractivity contribution < 1.29 is 23.9 Å². The molecule has 2 aromatic carbocycles. The van der Waals surface area contributed by atoms with Gasteiger partial charge in [0.1, 0.15) is 17.3 Å². The molecule has 0 unspecified atom stereocenters. The molecule has 1 aliphatic heterocycles. The molecule has 1 N–H and O–H groups in total. The van der Waals surface area contributed by atoms with Gasteiger partial charge in [0.15, 0.2) is 0 Å². The maximum absolute atomic E-state index is 13.5. The van der Waals surface area contributed by atoms with Gasteiger partial charge in [-0.2, -0.15) is 0 Å². The Morgan fingerprint density at radius 3 is 2.38 bits per heavy atom. The van der Waals surface area contributed by atoms with Gasteiger partial charge in [0.25, 0.3) is 0 Å². The van der Waals surface area contributed by atoms with Gasteiger partial charge in [0, 0.05) is 13.0 Å². The Hall–Kier alpha value is -3.35. The third-order valence-corrected chi connectivity index (χ3v) is 5.91. The van der Waals surface area contributed by atoms with Gasteiger partial charge in [-0.3, -0.25) is 9.59 Å². The predicted molar refractivity (Wildman–Crippen MR) is 120 cm³/mol. The summed E-state index contributed by atoms with van der Waals surface area (Å²) in [5, 5.41) is 2.92. The molecule has 0 bridgehead atoms. The number of aryl methyl sites for hydroxylation is 1. The highest BCUT2D eigenvalue weighted by molar-refractivity contribution is 5.95. The molecule has 32 heavy (non-hydrogen) atoms. The molecule has 1 aliphatic rings. The number of amides is 2. The van der Waals surface area contributed by atoms with E-state index in [1.165, 1.54) is 12.0 Å². The van der Waals surface area contributed by atoms with Crippen LogP contribution < -0.4 is 10.1 Å². The Morgan fingerprint density at radius 1 is 1.06 bits per heavy atom. The lowest BCUT2D eigenvalue weighted by atomic mass is 9.85. The van der Waals surface area contributed by atoms with Crippen LogP contribution in [0.5, 0.6) is 5.75 Å². The molecule has 7 heteroatoms. The van der Waals surface area contributed by atoms with Crippen molar-refractivity contribution in [3.8, 4) is 5.75 Å². The summed E-state index contributed by atoms with van der Waals surface area (Å²) in [7, 11) is 2.90. The number of carbonyl (C=O) groups excluding carboxylic acids is 3. The zero-order valence-electron chi connectivity index (χ0n) is 18.8. The molecule has 0 radical (unpaired) electrons. The van der Waals surface area contributed by atoms with Gasteiger partial charge in [-0.25, -0.2) is 4.79 Å². The molecule has 0 aromatic heterocycles. The zero-order chi connectivity index (χ0) is 23.1. The van der Waals surface area contributed by atoms with E-state index in [9.17, 15) is 14.4 Å². The second-order valence-electron chi connectivity index (χ2n) is 8.22. The number of methoxy groups -OCH3 is 2. The lowest BCUT2D eigenvalue weighted by molar-refractivity contribution is -0.161. The second kappa shape index (κ2) is 10.3. The van der Waals surface area contributed by atoms with Crippen molar-refractivity contribution in [3.63, 3.8) is 0 Å². The number of likely N-dealkylation sites (tertiary alicyclic amines) is 1. The smallest absolute Gasteiger partial charge is 0.328 e. The van der Waals surface area contributed by atoms with Gasteiger partial charge in [0.2, 0.25) is 11.8 Å². The largest absolute Gasteiger partial charge is 0.497 e. The zero-order valence-corrected chi connectivity index (χ0v) is 18.8. The van der Waals surface area contributed by atoms with Gasteiger partial charge in [-0.05, 0) is 49.4 Å². The Labute approximate surface area is 188 Å². The summed E-state index contributed by atoms with van der Waals surface area (Å²) in [6.45, 7) is 1.96. The number of piperidine rings is 1. The predicted octanol–water partition coefficient (Wildman–Crippen LogP) is 2.87. The van der Waals surface area contributed by atoms with Crippen LogP contribution in [-0.2, 0) is 32.1 Å². The van der Waals surface area contributed by atoms with Crippen LogP contribution in [0.25, 0.3) is 0 Å². The van der Waals surface area contributed by atoms with Crippen molar-refractivity contribution in [3.05, 3.63) is 65.7 Å². The van der Waals surface area contributed by atoms with E-state index in [0.29, 0.717) is 25.0 Å². The summed E-state index contributed by atoms with van der Waals surface area (Å²) < 4.78 is 10.1. The fraction of sp³-hybridized carbons (Fsp3) is 0.400. The fourth-order valence-corrected chi connectivity index (χ4v) is 4.03. The first-order valence-corrected chi connectivity index (χ1v) is 10.7. The van der Waals surface area contributed by atoms with Gasteiger partial charge in [0.05, 0.1) is 14.2 Å². The van der Waals surface area contributed by atoms with Crippen LogP contribution in [0.2, 0.25) is 0 Å². The van der Waals surface area contributed by atoms with Crippen molar-refractivity contribution in [1.82, 2.24) is 10.2 Å². The third kappa shape index (κ3) is 5.46. The van der Waals surface area contributed by atoms with Crippen molar-refractivity contribution in [2.45, 2.75) is 50.7 Å². The van der Waals surface area contributed by atoms with Gasteiger partial charge < -0.3 is 19.7 Å². The molecule has 1 fully saturated rings. The summed E-state index contributed by atoms with van der Waals surface area (Å²) in [6, 6.07) is 16.4. The van der Waals surface area contributed by atoms with Crippen molar-refractivity contribution >= 4 is 17.8 Å². The highest BCUT2D eigenvalue weighted by atomic mass is 16.5. The molecule has 1 heterocycles. The van der Waals surface area contributed by atoms with Gasteiger partial charge >= 0.3 is 5.97 Å². The van der Waals surface area contributed by atoms with Gasteiger partial charge in [-0.15, -0.1) is 0 Å². The molecular formula is C25H30N2O5. The van der Waals surface area contributed by atoms with E-state index in [-0.39, 0.29) is 24.8 Å². The number of benzene rings is 2. The quantitative estimate of drug-likeness (QED) is 0.641. The fourth-order valence-electron chi connectivity index (χ4n) is 4.03. The van der Waals surface area contributed by atoms with Crippen LogP contribution in [0, 0.1) is 0 Å². The molecule has 0 spiro atoms. The number of nitrogens with zero attached hydrogens (tertiary/aromatic N) is 1. The normalized spacial score (nSPS) is 20.5. The molecule has 2 atom stereocenters. The monoisotopic (exact) mass is 438 g/mol. The highest BCUT2D eigenvalue weighted by Gasteiger charge is 2.47. The molecule has 3 rings (SSSR count). The number of hydrogen-bond acceptors (Lipinski definition) is 5. The summed E-state index contributed by atoms with van der Waals surface area (Å²) in [5.41, 5.74) is 0.840. The summed E-state index contributed by atoms with van der Waals surface area (Å²) >= 11 is 0. The summed E-state index contributed by atoms with van der Waals surface area (Å²) in [4.78, 5) is 40.0. The molecule has 1 saturated heterocycles. The minimum Gasteiger partial charge on any atom is -0.497 e. The van der Waals surface area contributed by atoms with E-state index < -0.39 is 17.6 Å². The molecule has 0 saturated carbocycles. The van der Waals surface area contributed by atoms with E-state index in [1.54, 1.807) is 14.0 Å². The number of nitrogens with one attached hydrogen (secondary N) is 1. The average Bonchev–Trinajstić information content (AvgIpc) is 2.81. The Bertz CT molecular complexity index is 945. The molecule has 170 valence electrons.